The molecule has 0 bridgehead atoms. The Labute approximate surface area is 87.7 Å². The Kier molecular flexibility index (Phi) is 3.23. The Morgan fingerprint density at radius 3 is 2.14 bits per heavy atom. The highest BCUT2D eigenvalue weighted by atomic mass is 16.2. The Morgan fingerprint density at radius 2 is 1.86 bits per heavy atom. The Hall–Kier alpha value is -0.530. The Bertz CT molecular complexity index is 213. The monoisotopic (exact) mass is 197 g/mol. The number of carbonyl (C=O) groups excluding carboxylic acids is 1. The van der Waals surface area contributed by atoms with E-state index in [1.165, 1.54) is 19.3 Å². The van der Waals surface area contributed by atoms with Crippen LogP contribution in [0.15, 0.2) is 0 Å². The highest BCUT2D eigenvalue weighted by Crippen LogP contribution is 2.30. The van der Waals surface area contributed by atoms with Crippen LogP contribution in [-0.4, -0.2) is 23.9 Å². The van der Waals surface area contributed by atoms with E-state index in [2.05, 4.69) is 20.8 Å². The molecule has 1 amide bonds. The fourth-order valence-electron chi connectivity index (χ4n) is 1.63. The molecular weight excluding hydrogens is 174 g/mol. The molecule has 0 spiro atoms. The van der Waals surface area contributed by atoms with Gasteiger partial charge >= 0.3 is 0 Å². The minimum Gasteiger partial charge on any atom is -0.343 e. The van der Waals surface area contributed by atoms with Gasteiger partial charge in [-0.15, -0.1) is 0 Å². The SMILES string of the molecule is C[C@@H](C(=O)N(C)C1CCC1)C(C)(C)C. The fourth-order valence-corrected chi connectivity index (χ4v) is 1.63. The normalized spacial score (nSPS) is 20.1. The van der Waals surface area contributed by atoms with Crippen molar-refractivity contribution in [3.63, 3.8) is 0 Å². The highest BCUT2D eigenvalue weighted by molar-refractivity contribution is 5.79. The molecule has 0 unspecified atom stereocenters. The zero-order chi connectivity index (χ0) is 10.9. The molecule has 1 rings (SSSR count). The second-order valence-corrected chi connectivity index (χ2v) is 5.62. The van der Waals surface area contributed by atoms with Crippen LogP contribution in [0.3, 0.4) is 0 Å². The summed E-state index contributed by atoms with van der Waals surface area (Å²) in [5.74, 6) is 0.426. The first-order valence-electron chi connectivity index (χ1n) is 5.60. The lowest BCUT2D eigenvalue weighted by Gasteiger charge is -2.38. The van der Waals surface area contributed by atoms with Gasteiger partial charge in [0.25, 0.3) is 0 Å². The van der Waals surface area contributed by atoms with E-state index in [0.29, 0.717) is 11.9 Å². The standard InChI is InChI=1S/C12H23NO/c1-9(12(2,3)4)11(14)13(5)10-7-6-8-10/h9-10H,6-8H2,1-5H3/t9-/m0/s1. The van der Waals surface area contributed by atoms with E-state index in [1.807, 2.05) is 18.9 Å². The van der Waals surface area contributed by atoms with E-state index in [1.54, 1.807) is 0 Å². The predicted molar refractivity (Wildman–Crippen MR) is 59.0 cm³/mol. The highest BCUT2D eigenvalue weighted by Gasteiger charge is 2.33. The maximum atomic E-state index is 12.0. The predicted octanol–water partition coefficient (Wildman–Crippen LogP) is 2.68. The van der Waals surface area contributed by atoms with Crippen molar-refractivity contribution >= 4 is 5.91 Å². The second kappa shape index (κ2) is 3.92. The molecule has 1 atom stereocenters. The maximum Gasteiger partial charge on any atom is 0.225 e. The van der Waals surface area contributed by atoms with E-state index >= 15 is 0 Å². The third kappa shape index (κ3) is 2.28. The first-order valence-corrected chi connectivity index (χ1v) is 5.60. The van der Waals surface area contributed by atoms with Gasteiger partial charge in [0, 0.05) is 19.0 Å². The van der Waals surface area contributed by atoms with E-state index < -0.39 is 0 Å². The zero-order valence-corrected chi connectivity index (χ0v) is 10.1. The smallest absolute Gasteiger partial charge is 0.225 e. The van der Waals surface area contributed by atoms with Gasteiger partial charge in [-0.2, -0.15) is 0 Å². The van der Waals surface area contributed by atoms with Crippen LogP contribution < -0.4 is 0 Å². The molecule has 1 fully saturated rings. The van der Waals surface area contributed by atoms with Crippen molar-refractivity contribution in [3.05, 3.63) is 0 Å². The number of hydrogen-bond acceptors (Lipinski definition) is 1. The molecule has 1 aliphatic rings. The summed E-state index contributed by atoms with van der Waals surface area (Å²) in [6.07, 6.45) is 3.67. The summed E-state index contributed by atoms with van der Waals surface area (Å²) in [4.78, 5) is 14.0. The van der Waals surface area contributed by atoms with Crippen LogP contribution >= 0.6 is 0 Å². The summed E-state index contributed by atoms with van der Waals surface area (Å²) in [5, 5.41) is 0. The molecule has 0 aromatic rings. The topological polar surface area (TPSA) is 20.3 Å². The van der Waals surface area contributed by atoms with Gasteiger partial charge < -0.3 is 4.90 Å². The number of hydrogen-bond donors (Lipinski definition) is 0. The summed E-state index contributed by atoms with van der Waals surface area (Å²) < 4.78 is 0. The summed E-state index contributed by atoms with van der Waals surface area (Å²) in [6.45, 7) is 8.43. The molecule has 1 saturated carbocycles. The molecule has 14 heavy (non-hydrogen) atoms. The van der Waals surface area contributed by atoms with Gasteiger partial charge in [0.15, 0.2) is 0 Å². The Morgan fingerprint density at radius 1 is 1.36 bits per heavy atom. The lowest BCUT2D eigenvalue weighted by atomic mass is 9.80. The number of carbonyl (C=O) groups is 1. The van der Waals surface area contributed by atoms with Crippen molar-refractivity contribution in [2.45, 2.75) is 53.0 Å². The third-order valence-corrected chi connectivity index (χ3v) is 3.64. The molecular formula is C12H23NO. The number of amides is 1. The largest absolute Gasteiger partial charge is 0.343 e. The van der Waals surface area contributed by atoms with Crippen LogP contribution in [0.1, 0.15) is 47.0 Å². The molecule has 2 heteroatoms. The van der Waals surface area contributed by atoms with Crippen molar-refractivity contribution in [2.75, 3.05) is 7.05 Å². The van der Waals surface area contributed by atoms with Crippen molar-refractivity contribution in [1.29, 1.82) is 0 Å². The quantitative estimate of drug-likeness (QED) is 0.666. The molecule has 0 aliphatic heterocycles. The minimum absolute atomic E-state index is 0.0785. The lowest BCUT2D eigenvalue weighted by Crippen LogP contribution is -2.46. The van der Waals surface area contributed by atoms with Gasteiger partial charge in [-0.3, -0.25) is 4.79 Å². The first kappa shape index (κ1) is 11.5. The molecule has 2 nitrogen and oxygen atoms in total. The van der Waals surface area contributed by atoms with Gasteiger partial charge in [-0.05, 0) is 24.7 Å². The van der Waals surface area contributed by atoms with Gasteiger partial charge in [-0.1, -0.05) is 27.7 Å². The van der Waals surface area contributed by atoms with E-state index in [9.17, 15) is 4.79 Å². The molecule has 0 heterocycles. The molecule has 82 valence electrons. The van der Waals surface area contributed by atoms with Gasteiger partial charge in [0.1, 0.15) is 0 Å². The van der Waals surface area contributed by atoms with E-state index in [0.717, 1.165) is 0 Å². The molecule has 0 aromatic heterocycles. The summed E-state index contributed by atoms with van der Waals surface area (Å²) in [6, 6.07) is 0.521. The average Bonchev–Trinajstić information content (AvgIpc) is 1.96. The first-order chi connectivity index (χ1) is 6.34. The average molecular weight is 197 g/mol. The van der Waals surface area contributed by atoms with Gasteiger partial charge in [0.2, 0.25) is 5.91 Å². The van der Waals surface area contributed by atoms with Crippen LogP contribution in [0.4, 0.5) is 0 Å². The second-order valence-electron chi connectivity index (χ2n) is 5.62. The van der Waals surface area contributed by atoms with Crippen molar-refractivity contribution < 1.29 is 4.79 Å². The van der Waals surface area contributed by atoms with Crippen LogP contribution in [0, 0.1) is 11.3 Å². The van der Waals surface area contributed by atoms with Crippen molar-refractivity contribution in [2.24, 2.45) is 11.3 Å². The summed E-state index contributed by atoms with van der Waals surface area (Å²) >= 11 is 0. The van der Waals surface area contributed by atoms with Crippen molar-refractivity contribution in [3.8, 4) is 0 Å². The lowest BCUT2D eigenvalue weighted by molar-refractivity contribution is -0.140. The molecule has 0 N–H and O–H groups in total. The molecule has 0 saturated heterocycles. The van der Waals surface area contributed by atoms with Crippen molar-refractivity contribution in [1.82, 2.24) is 4.90 Å². The van der Waals surface area contributed by atoms with Gasteiger partial charge in [-0.25, -0.2) is 0 Å². The fraction of sp³-hybridized carbons (Fsp3) is 0.917. The Balaban J connectivity index is 2.55. The third-order valence-electron chi connectivity index (χ3n) is 3.64. The number of nitrogens with zero attached hydrogens (tertiary/aromatic N) is 1. The van der Waals surface area contributed by atoms with Crippen LogP contribution in [0.2, 0.25) is 0 Å². The van der Waals surface area contributed by atoms with Crippen LogP contribution in [0.25, 0.3) is 0 Å². The van der Waals surface area contributed by atoms with Gasteiger partial charge in [0.05, 0.1) is 0 Å². The maximum absolute atomic E-state index is 12.0. The summed E-state index contributed by atoms with van der Waals surface area (Å²) in [5.41, 5.74) is 0.0785. The zero-order valence-electron chi connectivity index (χ0n) is 10.1. The van der Waals surface area contributed by atoms with E-state index in [-0.39, 0.29) is 11.3 Å². The molecule has 0 aromatic carbocycles. The number of rotatable bonds is 2. The van der Waals surface area contributed by atoms with Crippen LogP contribution in [0.5, 0.6) is 0 Å². The van der Waals surface area contributed by atoms with Crippen LogP contribution in [-0.2, 0) is 4.79 Å². The van der Waals surface area contributed by atoms with E-state index in [4.69, 9.17) is 0 Å². The minimum atomic E-state index is 0.0785. The molecule has 1 aliphatic carbocycles. The molecule has 0 radical (unpaired) electrons. The summed E-state index contributed by atoms with van der Waals surface area (Å²) in [7, 11) is 1.95.